The van der Waals surface area contributed by atoms with Gasteiger partial charge in [0.15, 0.2) is 0 Å². The second-order valence-electron chi connectivity index (χ2n) is 9.00. The molecule has 0 spiro atoms. The lowest BCUT2D eigenvalue weighted by Crippen LogP contribution is -2.47. The van der Waals surface area contributed by atoms with Gasteiger partial charge in [-0.05, 0) is 43.9 Å². The van der Waals surface area contributed by atoms with Crippen LogP contribution in [0.25, 0.3) is 0 Å². The van der Waals surface area contributed by atoms with Crippen LogP contribution >= 0.6 is 0 Å². The SMILES string of the molecule is Cc1ccc(NC(=O)NCCN(C(=O)C2CC2)C2CCN(C(=O)Cc3ccccc3)C2)cc1. The third kappa shape index (κ3) is 6.34. The van der Waals surface area contributed by atoms with E-state index in [0.29, 0.717) is 32.6 Å². The highest BCUT2D eigenvalue weighted by Crippen LogP contribution is 2.32. The number of benzene rings is 2. The zero-order valence-corrected chi connectivity index (χ0v) is 19.1. The first-order valence-corrected chi connectivity index (χ1v) is 11.7. The van der Waals surface area contributed by atoms with E-state index in [1.165, 1.54) is 0 Å². The van der Waals surface area contributed by atoms with Crippen molar-refractivity contribution in [2.24, 2.45) is 5.92 Å². The smallest absolute Gasteiger partial charge is 0.319 e. The standard InChI is InChI=1S/C26H32N4O3/c1-19-7-11-22(12-8-19)28-26(33)27-14-16-30(25(32)21-9-10-21)23-13-15-29(18-23)24(31)17-20-5-3-2-4-6-20/h2-8,11-12,21,23H,9-10,13-18H2,1H3,(H2,27,28,33). The summed E-state index contributed by atoms with van der Waals surface area (Å²) in [6.07, 6.45) is 3.01. The molecule has 33 heavy (non-hydrogen) atoms. The minimum absolute atomic E-state index is 0.000201. The molecule has 2 fully saturated rings. The Morgan fingerprint density at radius 1 is 1.00 bits per heavy atom. The lowest BCUT2D eigenvalue weighted by molar-refractivity contribution is -0.136. The number of nitrogens with one attached hydrogen (secondary N) is 2. The van der Waals surface area contributed by atoms with Gasteiger partial charge in [-0.25, -0.2) is 4.79 Å². The summed E-state index contributed by atoms with van der Waals surface area (Å²) in [6, 6.07) is 17.0. The van der Waals surface area contributed by atoms with Crippen LogP contribution in [0.2, 0.25) is 0 Å². The van der Waals surface area contributed by atoms with Crippen LogP contribution in [0, 0.1) is 12.8 Å². The van der Waals surface area contributed by atoms with E-state index in [0.717, 1.165) is 36.1 Å². The first-order valence-electron chi connectivity index (χ1n) is 11.7. The Bertz CT molecular complexity index is 973. The van der Waals surface area contributed by atoms with Gasteiger partial charge in [-0.1, -0.05) is 48.0 Å². The lowest BCUT2D eigenvalue weighted by atomic mass is 10.1. The summed E-state index contributed by atoms with van der Waals surface area (Å²) in [5, 5.41) is 5.67. The third-order valence-corrected chi connectivity index (χ3v) is 6.31. The summed E-state index contributed by atoms with van der Waals surface area (Å²) in [5.74, 6) is 0.344. The number of hydrogen-bond acceptors (Lipinski definition) is 3. The molecule has 4 rings (SSSR count). The summed E-state index contributed by atoms with van der Waals surface area (Å²) >= 11 is 0. The van der Waals surface area contributed by atoms with Crippen LogP contribution < -0.4 is 10.6 Å². The molecule has 1 saturated heterocycles. The first-order chi connectivity index (χ1) is 16.0. The van der Waals surface area contributed by atoms with E-state index in [2.05, 4.69) is 10.6 Å². The van der Waals surface area contributed by atoms with E-state index < -0.39 is 0 Å². The van der Waals surface area contributed by atoms with Crippen molar-refractivity contribution < 1.29 is 14.4 Å². The van der Waals surface area contributed by atoms with E-state index in [1.54, 1.807) is 0 Å². The number of urea groups is 1. The van der Waals surface area contributed by atoms with Gasteiger partial charge in [-0.3, -0.25) is 9.59 Å². The van der Waals surface area contributed by atoms with Gasteiger partial charge in [0, 0.05) is 37.8 Å². The Morgan fingerprint density at radius 2 is 1.73 bits per heavy atom. The largest absolute Gasteiger partial charge is 0.340 e. The minimum atomic E-state index is -0.288. The summed E-state index contributed by atoms with van der Waals surface area (Å²) in [4.78, 5) is 41.7. The molecule has 0 bridgehead atoms. The van der Waals surface area contributed by atoms with Gasteiger partial charge in [0.25, 0.3) is 0 Å². The van der Waals surface area contributed by atoms with E-state index in [4.69, 9.17) is 0 Å². The molecule has 2 N–H and O–H groups in total. The van der Waals surface area contributed by atoms with Crippen molar-refractivity contribution in [1.82, 2.24) is 15.1 Å². The van der Waals surface area contributed by atoms with Crippen LogP contribution in [-0.4, -0.2) is 59.9 Å². The predicted octanol–water partition coefficient (Wildman–Crippen LogP) is 3.20. The maximum atomic E-state index is 13.0. The molecule has 7 heteroatoms. The molecular formula is C26H32N4O3. The maximum Gasteiger partial charge on any atom is 0.319 e. The fourth-order valence-corrected chi connectivity index (χ4v) is 4.24. The monoisotopic (exact) mass is 448 g/mol. The zero-order valence-electron chi connectivity index (χ0n) is 19.1. The molecular weight excluding hydrogens is 416 g/mol. The Labute approximate surface area is 195 Å². The molecule has 1 unspecified atom stereocenters. The molecule has 2 aromatic carbocycles. The molecule has 1 saturated carbocycles. The van der Waals surface area contributed by atoms with Crippen molar-refractivity contribution >= 4 is 23.5 Å². The highest BCUT2D eigenvalue weighted by molar-refractivity contribution is 5.89. The van der Waals surface area contributed by atoms with Crippen molar-refractivity contribution in [1.29, 1.82) is 0 Å². The number of amides is 4. The first kappa shape index (κ1) is 22.8. The molecule has 0 aromatic heterocycles. The second-order valence-corrected chi connectivity index (χ2v) is 9.00. The van der Waals surface area contributed by atoms with Gasteiger partial charge in [0.1, 0.15) is 0 Å². The molecule has 174 valence electrons. The number of nitrogens with zero attached hydrogens (tertiary/aromatic N) is 2. The summed E-state index contributed by atoms with van der Waals surface area (Å²) < 4.78 is 0. The van der Waals surface area contributed by atoms with Crippen molar-refractivity contribution in [3.05, 3.63) is 65.7 Å². The van der Waals surface area contributed by atoms with Crippen LogP contribution in [0.5, 0.6) is 0 Å². The molecule has 4 amide bonds. The van der Waals surface area contributed by atoms with E-state index in [-0.39, 0.29) is 29.8 Å². The topological polar surface area (TPSA) is 81.8 Å². The van der Waals surface area contributed by atoms with E-state index in [1.807, 2.05) is 71.3 Å². The maximum absolute atomic E-state index is 13.0. The Morgan fingerprint density at radius 3 is 2.42 bits per heavy atom. The van der Waals surface area contributed by atoms with Gasteiger partial charge in [-0.15, -0.1) is 0 Å². The van der Waals surface area contributed by atoms with Crippen LogP contribution in [-0.2, 0) is 16.0 Å². The number of rotatable bonds is 8. The van der Waals surface area contributed by atoms with Gasteiger partial charge in [0.05, 0.1) is 12.5 Å². The molecule has 2 aromatic rings. The van der Waals surface area contributed by atoms with Gasteiger partial charge >= 0.3 is 6.03 Å². The Balaban J connectivity index is 1.29. The number of hydrogen-bond donors (Lipinski definition) is 2. The van der Waals surface area contributed by atoms with E-state index >= 15 is 0 Å². The molecule has 1 atom stereocenters. The number of carbonyl (C=O) groups excluding carboxylic acids is 3. The molecule has 0 radical (unpaired) electrons. The molecule has 7 nitrogen and oxygen atoms in total. The highest BCUT2D eigenvalue weighted by Gasteiger charge is 2.39. The Kier molecular flexibility index (Phi) is 7.27. The number of likely N-dealkylation sites (tertiary alicyclic amines) is 1. The second kappa shape index (κ2) is 10.5. The molecule has 1 heterocycles. The van der Waals surface area contributed by atoms with Gasteiger partial charge in [-0.2, -0.15) is 0 Å². The van der Waals surface area contributed by atoms with Crippen molar-refractivity contribution in [3.8, 4) is 0 Å². The van der Waals surface area contributed by atoms with Gasteiger partial charge in [0.2, 0.25) is 11.8 Å². The van der Waals surface area contributed by atoms with Crippen LogP contribution in [0.4, 0.5) is 10.5 Å². The quantitative estimate of drug-likeness (QED) is 0.651. The van der Waals surface area contributed by atoms with Crippen LogP contribution in [0.15, 0.2) is 54.6 Å². The normalized spacial score (nSPS) is 17.5. The predicted molar refractivity (Wildman–Crippen MR) is 128 cm³/mol. The van der Waals surface area contributed by atoms with Crippen LogP contribution in [0.3, 0.4) is 0 Å². The molecule has 1 aliphatic heterocycles. The van der Waals surface area contributed by atoms with Crippen molar-refractivity contribution in [3.63, 3.8) is 0 Å². The number of anilines is 1. The van der Waals surface area contributed by atoms with Gasteiger partial charge < -0.3 is 20.4 Å². The average Bonchev–Trinajstić information content (AvgIpc) is 3.55. The van der Waals surface area contributed by atoms with Crippen molar-refractivity contribution in [2.75, 3.05) is 31.5 Å². The number of carbonyl (C=O) groups is 3. The summed E-state index contributed by atoms with van der Waals surface area (Å²) in [6.45, 7) is 4.02. The fraction of sp³-hybridized carbons (Fsp3) is 0.423. The zero-order chi connectivity index (χ0) is 23.2. The number of aryl methyl sites for hydroxylation is 1. The van der Waals surface area contributed by atoms with E-state index in [9.17, 15) is 14.4 Å². The molecule has 2 aliphatic rings. The summed E-state index contributed by atoms with van der Waals surface area (Å²) in [5.41, 5.74) is 2.86. The summed E-state index contributed by atoms with van der Waals surface area (Å²) in [7, 11) is 0. The van der Waals surface area contributed by atoms with Crippen molar-refractivity contribution in [2.45, 2.75) is 38.6 Å². The molecule has 1 aliphatic carbocycles. The average molecular weight is 449 g/mol. The minimum Gasteiger partial charge on any atom is -0.340 e. The highest BCUT2D eigenvalue weighted by atomic mass is 16.2. The lowest BCUT2D eigenvalue weighted by Gasteiger charge is -2.29. The Hall–Kier alpha value is -3.35. The fourth-order valence-electron chi connectivity index (χ4n) is 4.24. The van der Waals surface area contributed by atoms with Crippen LogP contribution in [0.1, 0.15) is 30.4 Å². The third-order valence-electron chi connectivity index (χ3n) is 6.31.